The van der Waals surface area contributed by atoms with Crippen LogP contribution in [0.4, 0.5) is 0 Å². The Bertz CT molecular complexity index is 803. The molecule has 5 nitrogen and oxygen atoms in total. The van der Waals surface area contributed by atoms with Gasteiger partial charge in [-0.3, -0.25) is 0 Å². The summed E-state index contributed by atoms with van der Waals surface area (Å²) in [5.41, 5.74) is 1.48. The van der Waals surface area contributed by atoms with Gasteiger partial charge in [0.25, 0.3) is 0 Å². The van der Waals surface area contributed by atoms with Crippen molar-refractivity contribution < 1.29 is 5.11 Å². The summed E-state index contributed by atoms with van der Waals surface area (Å²) in [6.07, 6.45) is 1.97. The van der Waals surface area contributed by atoms with Crippen LogP contribution in [0.5, 0.6) is 5.75 Å². The predicted octanol–water partition coefficient (Wildman–Crippen LogP) is 5.03. The van der Waals surface area contributed by atoms with Crippen LogP contribution >= 0.6 is 23.2 Å². The van der Waals surface area contributed by atoms with Gasteiger partial charge in [-0.05, 0) is 17.7 Å². The number of amidine groups is 1. The van der Waals surface area contributed by atoms with E-state index in [1.165, 1.54) is 12.3 Å². The van der Waals surface area contributed by atoms with Crippen LogP contribution in [-0.2, 0) is 0 Å². The second kappa shape index (κ2) is 6.89. The first-order valence-corrected chi connectivity index (χ1v) is 7.63. The fourth-order valence-corrected chi connectivity index (χ4v) is 2.66. The van der Waals surface area contributed by atoms with Crippen molar-refractivity contribution in [2.45, 2.75) is 12.5 Å². The van der Waals surface area contributed by atoms with Gasteiger partial charge in [-0.15, -0.1) is 10.2 Å². The first-order valence-electron chi connectivity index (χ1n) is 6.87. The van der Waals surface area contributed by atoms with Crippen molar-refractivity contribution in [3.63, 3.8) is 0 Å². The molecule has 0 aliphatic carbocycles. The van der Waals surface area contributed by atoms with E-state index < -0.39 is 0 Å². The number of phenols is 1. The highest BCUT2D eigenvalue weighted by Gasteiger charge is 2.19. The number of benzene rings is 2. The Kier molecular flexibility index (Phi) is 4.69. The summed E-state index contributed by atoms with van der Waals surface area (Å²) in [6, 6.07) is 12.9. The van der Waals surface area contributed by atoms with Crippen molar-refractivity contribution in [1.29, 1.82) is 0 Å². The molecule has 3 rings (SSSR count). The Hall–Kier alpha value is -2.24. The molecule has 1 aliphatic rings. The standard InChI is InChI=1S/C16H12Cl2N4O/c17-12-6-11(16(23)13(18)7-12)9-19-21-15-8-14(20-22-15)10-4-2-1-3-5-10/h1-7,9,14,23H,8H2/b19-9+,21-15-. The van der Waals surface area contributed by atoms with Crippen molar-refractivity contribution in [2.24, 2.45) is 20.4 Å². The van der Waals surface area contributed by atoms with Crippen LogP contribution in [0.25, 0.3) is 0 Å². The number of rotatable bonds is 3. The van der Waals surface area contributed by atoms with Crippen LogP contribution < -0.4 is 0 Å². The van der Waals surface area contributed by atoms with Gasteiger partial charge in [-0.2, -0.15) is 10.2 Å². The van der Waals surface area contributed by atoms with Gasteiger partial charge in [0, 0.05) is 17.0 Å². The smallest absolute Gasteiger partial charge is 0.175 e. The molecule has 23 heavy (non-hydrogen) atoms. The lowest BCUT2D eigenvalue weighted by atomic mass is 10.1. The van der Waals surface area contributed by atoms with Crippen molar-refractivity contribution in [3.05, 3.63) is 63.6 Å². The van der Waals surface area contributed by atoms with E-state index in [1.54, 1.807) is 6.07 Å². The lowest BCUT2D eigenvalue weighted by Crippen LogP contribution is -1.95. The van der Waals surface area contributed by atoms with Crippen LogP contribution in [0.3, 0.4) is 0 Å². The minimum absolute atomic E-state index is 0.0285. The first kappa shape index (κ1) is 15.6. The third kappa shape index (κ3) is 3.75. The second-order valence-electron chi connectivity index (χ2n) is 4.93. The van der Waals surface area contributed by atoms with E-state index in [0.29, 0.717) is 22.8 Å². The maximum atomic E-state index is 9.83. The van der Waals surface area contributed by atoms with E-state index in [4.69, 9.17) is 23.2 Å². The van der Waals surface area contributed by atoms with Crippen LogP contribution in [0, 0.1) is 0 Å². The van der Waals surface area contributed by atoms with Crippen LogP contribution in [-0.4, -0.2) is 17.2 Å². The van der Waals surface area contributed by atoms with Crippen molar-refractivity contribution in [1.82, 2.24) is 0 Å². The van der Waals surface area contributed by atoms with Crippen LogP contribution in [0.2, 0.25) is 10.0 Å². The summed E-state index contributed by atoms with van der Waals surface area (Å²) in [4.78, 5) is 0. The fraction of sp³-hybridized carbons (Fsp3) is 0.125. The van der Waals surface area contributed by atoms with E-state index in [2.05, 4.69) is 20.4 Å². The quantitative estimate of drug-likeness (QED) is 0.614. The molecule has 1 atom stereocenters. The highest BCUT2D eigenvalue weighted by atomic mass is 35.5. The van der Waals surface area contributed by atoms with Gasteiger partial charge in [0.2, 0.25) is 0 Å². The molecule has 0 amide bonds. The highest BCUT2D eigenvalue weighted by molar-refractivity contribution is 6.36. The molecule has 7 heteroatoms. The van der Waals surface area contributed by atoms with Gasteiger partial charge in [-0.25, -0.2) is 0 Å². The molecular formula is C16H12Cl2N4O. The third-order valence-electron chi connectivity index (χ3n) is 3.30. The van der Waals surface area contributed by atoms with E-state index in [9.17, 15) is 5.11 Å². The summed E-state index contributed by atoms with van der Waals surface area (Å²) < 4.78 is 0. The van der Waals surface area contributed by atoms with Crippen LogP contribution in [0.1, 0.15) is 23.6 Å². The molecule has 0 spiro atoms. The lowest BCUT2D eigenvalue weighted by Gasteiger charge is -2.03. The van der Waals surface area contributed by atoms with E-state index in [1.807, 2.05) is 30.3 Å². The number of aromatic hydroxyl groups is 1. The molecule has 1 unspecified atom stereocenters. The highest BCUT2D eigenvalue weighted by Crippen LogP contribution is 2.30. The molecule has 2 aromatic rings. The molecule has 1 heterocycles. The van der Waals surface area contributed by atoms with Crippen LogP contribution in [0.15, 0.2) is 62.9 Å². The largest absolute Gasteiger partial charge is 0.506 e. The zero-order chi connectivity index (χ0) is 16.2. The van der Waals surface area contributed by atoms with Gasteiger partial charge < -0.3 is 5.11 Å². The summed E-state index contributed by atoms with van der Waals surface area (Å²) in [7, 11) is 0. The van der Waals surface area contributed by atoms with Gasteiger partial charge >= 0.3 is 0 Å². The van der Waals surface area contributed by atoms with Crippen molar-refractivity contribution >= 4 is 35.3 Å². The average Bonchev–Trinajstić information content (AvgIpc) is 3.02. The zero-order valence-corrected chi connectivity index (χ0v) is 13.4. The molecule has 0 radical (unpaired) electrons. The number of hydrogen-bond acceptors (Lipinski definition) is 4. The Morgan fingerprint density at radius 1 is 1.17 bits per heavy atom. The molecule has 0 fully saturated rings. The van der Waals surface area contributed by atoms with Gasteiger partial charge in [0.05, 0.1) is 11.2 Å². The number of phenolic OH excluding ortho intramolecular Hbond substituents is 1. The summed E-state index contributed by atoms with van der Waals surface area (Å²) in [5, 5.41) is 26.6. The third-order valence-corrected chi connectivity index (χ3v) is 3.81. The molecule has 0 aromatic heterocycles. The SMILES string of the molecule is Oc1c(Cl)cc(Cl)cc1/C=N/N=C1/CC(c2ccccc2)N=N1. The summed E-state index contributed by atoms with van der Waals surface area (Å²) >= 11 is 11.7. The fourth-order valence-electron chi connectivity index (χ4n) is 2.15. The number of azo groups is 1. The molecule has 116 valence electrons. The first-order chi connectivity index (χ1) is 11.1. The Balaban J connectivity index is 1.71. The Morgan fingerprint density at radius 2 is 1.96 bits per heavy atom. The molecule has 0 saturated heterocycles. The maximum absolute atomic E-state index is 9.83. The minimum atomic E-state index is -0.0878. The Morgan fingerprint density at radius 3 is 2.74 bits per heavy atom. The zero-order valence-electron chi connectivity index (χ0n) is 11.9. The van der Waals surface area contributed by atoms with Crippen molar-refractivity contribution in [2.75, 3.05) is 0 Å². The summed E-state index contributed by atoms with van der Waals surface area (Å²) in [5.74, 6) is 0.443. The van der Waals surface area contributed by atoms with Gasteiger partial charge in [0.1, 0.15) is 11.8 Å². The molecular weight excluding hydrogens is 335 g/mol. The molecule has 0 saturated carbocycles. The number of hydrogen-bond donors (Lipinski definition) is 1. The normalized spacial score (nSPS) is 19.0. The van der Waals surface area contributed by atoms with Gasteiger partial charge in [-0.1, -0.05) is 53.5 Å². The number of nitrogens with zero attached hydrogens (tertiary/aromatic N) is 4. The molecule has 1 N–H and O–H groups in total. The Labute approximate surface area is 143 Å². The lowest BCUT2D eigenvalue weighted by molar-refractivity contribution is 0.474. The number of halogens is 2. The predicted molar refractivity (Wildman–Crippen MR) is 91.8 cm³/mol. The second-order valence-corrected chi connectivity index (χ2v) is 5.78. The van der Waals surface area contributed by atoms with Gasteiger partial charge in [0.15, 0.2) is 5.84 Å². The topological polar surface area (TPSA) is 69.7 Å². The van der Waals surface area contributed by atoms with E-state index in [0.717, 1.165) is 5.56 Å². The monoisotopic (exact) mass is 346 g/mol. The molecule has 1 aliphatic heterocycles. The maximum Gasteiger partial charge on any atom is 0.175 e. The average molecular weight is 347 g/mol. The van der Waals surface area contributed by atoms with E-state index in [-0.39, 0.29) is 16.8 Å². The molecule has 2 aromatic carbocycles. The minimum Gasteiger partial charge on any atom is -0.506 e. The van der Waals surface area contributed by atoms with Crippen molar-refractivity contribution in [3.8, 4) is 5.75 Å². The summed E-state index contributed by atoms with van der Waals surface area (Å²) in [6.45, 7) is 0. The van der Waals surface area contributed by atoms with E-state index >= 15 is 0 Å². The molecule has 0 bridgehead atoms.